The second-order valence-electron chi connectivity index (χ2n) is 8.32. The maximum Gasteiger partial charge on any atom is 0.319 e. The molecule has 192 valence electrons. The molecule has 1 aromatic heterocycles. The van der Waals surface area contributed by atoms with Crippen LogP contribution >= 0.6 is 0 Å². The number of carboxylic acid groups (broad SMARTS) is 1. The second-order valence-corrected chi connectivity index (χ2v) is 8.32. The van der Waals surface area contributed by atoms with Crippen molar-refractivity contribution in [3.8, 4) is 5.75 Å². The van der Waals surface area contributed by atoms with Crippen molar-refractivity contribution in [2.75, 3.05) is 10.6 Å². The van der Waals surface area contributed by atoms with Crippen LogP contribution in [-0.2, 0) is 11.3 Å². The Kier molecular flexibility index (Phi) is 8.64. The molecule has 0 aliphatic carbocycles. The van der Waals surface area contributed by atoms with E-state index in [4.69, 9.17) is 4.74 Å². The van der Waals surface area contributed by atoms with Gasteiger partial charge in [0.25, 0.3) is 5.91 Å². The maximum atomic E-state index is 13.0. The zero-order valence-corrected chi connectivity index (χ0v) is 20.3. The van der Waals surface area contributed by atoms with Gasteiger partial charge in [0.15, 0.2) is 0 Å². The van der Waals surface area contributed by atoms with E-state index in [1.54, 1.807) is 73.1 Å². The molecule has 3 amide bonds. The molecule has 4 aromatic rings. The standard InChI is InChI=1S/C29H26N4O5/c34-27(35)17-26(22-11-7-15-30-19-22)38-25-14-5-4-13-24(25)33-28(36)21-10-6-12-23(16-21)32-29(37)31-18-20-8-2-1-3-9-20/h1-16,19,26H,17-18H2,(H,33,36)(H,34,35)(H2,31,32,37). The number of urea groups is 1. The number of hydrogen-bond donors (Lipinski definition) is 4. The van der Waals surface area contributed by atoms with Crippen LogP contribution in [0.1, 0.15) is 34.0 Å². The molecule has 9 heteroatoms. The van der Waals surface area contributed by atoms with Crippen LogP contribution in [0.25, 0.3) is 0 Å². The van der Waals surface area contributed by atoms with E-state index in [-0.39, 0.29) is 6.42 Å². The Morgan fingerprint density at radius 3 is 2.42 bits per heavy atom. The first-order valence-corrected chi connectivity index (χ1v) is 11.9. The average Bonchev–Trinajstić information content (AvgIpc) is 2.93. The molecule has 38 heavy (non-hydrogen) atoms. The molecule has 0 saturated heterocycles. The molecule has 9 nitrogen and oxygen atoms in total. The summed E-state index contributed by atoms with van der Waals surface area (Å²) in [6.07, 6.45) is 2.05. The van der Waals surface area contributed by atoms with Gasteiger partial charge in [-0.05, 0) is 42.0 Å². The van der Waals surface area contributed by atoms with Crippen molar-refractivity contribution in [1.29, 1.82) is 0 Å². The highest BCUT2D eigenvalue weighted by atomic mass is 16.5. The third-order valence-corrected chi connectivity index (χ3v) is 5.50. The van der Waals surface area contributed by atoms with Crippen LogP contribution in [0.2, 0.25) is 0 Å². The van der Waals surface area contributed by atoms with Gasteiger partial charge in [-0.2, -0.15) is 0 Å². The number of carbonyl (C=O) groups is 3. The Hall–Kier alpha value is -5.18. The summed E-state index contributed by atoms with van der Waals surface area (Å²) in [7, 11) is 0. The summed E-state index contributed by atoms with van der Waals surface area (Å²) in [6, 6.07) is 25.8. The van der Waals surface area contributed by atoms with Crippen molar-refractivity contribution in [3.05, 3.63) is 120 Å². The van der Waals surface area contributed by atoms with Gasteiger partial charge >= 0.3 is 12.0 Å². The molecule has 1 heterocycles. The van der Waals surface area contributed by atoms with E-state index in [0.29, 0.717) is 34.8 Å². The van der Waals surface area contributed by atoms with Crippen LogP contribution in [0.15, 0.2) is 103 Å². The number of carbonyl (C=O) groups excluding carboxylic acids is 2. The summed E-state index contributed by atoms with van der Waals surface area (Å²) in [5, 5.41) is 17.7. The number of benzene rings is 3. The number of ether oxygens (including phenoxy) is 1. The molecule has 0 bridgehead atoms. The predicted molar refractivity (Wildman–Crippen MR) is 143 cm³/mol. The number of rotatable bonds is 10. The zero-order chi connectivity index (χ0) is 26.7. The van der Waals surface area contributed by atoms with Crippen molar-refractivity contribution in [2.45, 2.75) is 19.1 Å². The van der Waals surface area contributed by atoms with Crippen LogP contribution in [0, 0.1) is 0 Å². The minimum atomic E-state index is -1.03. The zero-order valence-electron chi connectivity index (χ0n) is 20.3. The van der Waals surface area contributed by atoms with Gasteiger partial charge in [-0.3, -0.25) is 14.6 Å². The molecule has 1 atom stereocenters. The molecule has 0 saturated carbocycles. The van der Waals surface area contributed by atoms with E-state index in [2.05, 4.69) is 20.9 Å². The number of carboxylic acids is 1. The quantitative estimate of drug-likeness (QED) is 0.231. The summed E-state index contributed by atoms with van der Waals surface area (Å²) in [6.45, 7) is 0.367. The monoisotopic (exact) mass is 510 g/mol. The molecule has 0 spiro atoms. The van der Waals surface area contributed by atoms with E-state index in [1.165, 1.54) is 0 Å². The lowest BCUT2D eigenvalue weighted by atomic mass is 10.1. The molecule has 0 fully saturated rings. The number of nitrogens with one attached hydrogen (secondary N) is 3. The number of amides is 3. The first-order valence-electron chi connectivity index (χ1n) is 11.9. The van der Waals surface area contributed by atoms with Gasteiger partial charge in [-0.25, -0.2) is 4.79 Å². The average molecular weight is 511 g/mol. The van der Waals surface area contributed by atoms with Gasteiger partial charge in [0.2, 0.25) is 0 Å². The smallest absolute Gasteiger partial charge is 0.319 e. The lowest BCUT2D eigenvalue weighted by Crippen LogP contribution is -2.28. The Labute approximate surface area is 219 Å². The molecule has 4 rings (SSSR count). The molecule has 3 aromatic carbocycles. The van der Waals surface area contributed by atoms with Crippen molar-refractivity contribution in [2.24, 2.45) is 0 Å². The Bertz CT molecular complexity index is 1400. The summed E-state index contributed by atoms with van der Waals surface area (Å²) < 4.78 is 6.02. The van der Waals surface area contributed by atoms with Gasteiger partial charge in [-0.15, -0.1) is 0 Å². The largest absolute Gasteiger partial charge is 0.483 e. The molecule has 0 aliphatic rings. The van der Waals surface area contributed by atoms with Crippen molar-refractivity contribution in [3.63, 3.8) is 0 Å². The Morgan fingerprint density at radius 1 is 0.868 bits per heavy atom. The van der Waals surface area contributed by atoms with Crippen LogP contribution < -0.4 is 20.7 Å². The van der Waals surface area contributed by atoms with E-state index in [1.807, 2.05) is 30.3 Å². The molecule has 0 radical (unpaired) electrons. The summed E-state index contributed by atoms with van der Waals surface area (Å²) in [4.78, 5) is 40.8. The Balaban J connectivity index is 1.43. The predicted octanol–water partition coefficient (Wildman–Crippen LogP) is 5.25. The molecule has 4 N–H and O–H groups in total. The maximum absolute atomic E-state index is 13.0. The van der Waals surface area contributed by atoms with E-state index in [0.717, 1.165) is 5.56 Å². The summed E-state index contributed by atoms with van der Waals surface area (Å²) in [5.74, 6) is -1.14. The highest BCUT2D eigenvalue weighted by Gasteiger charge is 2.20. The number of aliphatic carboxylic acids is 1. The molecular weight excluding hydrogens is 484 g/mol. The first kappa shape index (κ1) is 25.9. The minimum Gasteiger partial charge on any atom is -0.483 e. The highest BCUT2D eigenvalue weighted by molar-refractivity contribution is 6.06. The lowest BCUT2D eigenvalue weighted by molar-refractivity contribution is -0.138. The fraction of sp³-hybridized carbons (Fsp3) is 0.103. The van der Waals surface area contributed by atoms with Crippen LogP contribution in [0.5, 0.6) is 5.75 Å². The van der Waals surface area contributed by atoms with Gasteiger partial charge in [-0.1, -0.05) is 54.6 Å². The van der Waals surface area contributed by atoms with Crippen LogP contribution in [-0.4, -0.2) is 28.0 Å². The van der Waals surface area contributed by atoms with Crippen LogP contribution in [0.3, 0.4) is 0 Å². The third-order valence-electron chi connectivity index (χ3n) is 5.50. The number of para-hydroxylation sites is 2. The topological polar surface area (TPSA) is 130 Å². The van der Waals surface area contributed by atoms with Crippen molar-refractivity contribution in [1.82, 2.24) is 10.3 Å². The van der Waals surface area contributed by atoms with Gasteiger partial charge in [0.05, 0.1) is 12.1 Å². The third kappa shape index (κ3) is 7.41. The van der Waals surface area contributed by atoms with E-state index >= 15 is 0 Å². The number of hydrogen-bond acceptors (Lipinski definition) is 5. The van der Waals surface area contributed by atoms with Gasteiger partial charge in [0.1, 0.15) is 11.9 Å². The number of nitrogens with zero attached hydrogens (tertiary/aromatic N) is 1. The molecule has 1 unspecified atom stereocenters. The lowest BCUT2D eigenvalue weighted by Gasteiger charge is -2.20. The van der Waals surface area contributed by atoms with Crippen LogP contribution in [0.4, 0.5) is 16.2 Å². The number of anilines is 2. The summed E-state index contributed by atoms with van der Waals surface area (Å²) >= 11 is 0. The highest BCUT2D eigenvalue weighted by Crippen LogP contribution is 2.31. The van der Waals surface area contributed by atoms with E-state index in [9.17, 15) is 19.5 Å². The minimum absolute atomic E-state index is 0.284. The fourth-order valence-corrected chi connectivity index (χ4v) is 3.66. The first-order chi connectivity index (χ1) is 18.5. The molecule has 0 aliphatic heterocycles. The fourth-order valence-electron chi connectivity index (χ4n) is 3.66. The van der Waals surface area contributed by atoms with Crippen molar-refractivity contribution < 1.29 is 24.2 Å². The van der Waals surface area contributed by atoms with Gasteiger partial charge in [0, 0.05) is 35.8 Å². The van der Waals surface area contributed by atoms with Gasteiger partial charge < -0.3 is 25.8 Å². The summed E-state index contributed by atoms with van der Waals surface area (Å²) in [5.41, 5.74) is 2.70. The SMILES string of the molecule is O=C(O)CC(Oc1ccccc1NC(=O)c1cccc(NC(=O)NCc2ccccc2)c1)c1cccnc1. The normalized spacial score (nSPS) is 11.2. The van der Waals surface area contributed by atoms with E-state index < -0.39 is 24.0 Å². The Morgan fingerprint density at radius 2 is 1.66 bits per heavy atom. The second kappa shape index (κ2) is 12.7. The number of aromatic nitrogens is 1. The molecular formula is C29H26N4O5. The van der Waals surface area contributed by atoms with Crippen molar-refractivity contribution >= 4 is 29.3 Å². The number of pyridine rings is 1.